The molecule has 16 heavy (non-hydrogen) atoms. The molecule has 80 valence electrons. The van der Waals surface area contributed by atoms with Crippen LogP contribution >= 0.6 is 35.1 Å². The van der Waals surface area contributed by atoms with Crippen molar-refractivity contribution in [2.24, 2.45) is 0 Å². The second kappa shape index (κ2) is 4.36. The van der Waals surface area contributed by atoms with Gasteiger partial charge in [0.15, 0.2) is 0 Å². The number of hydrogen-bond donors (Lipinski definition) is 0. The molecule has 0 atom stereocenters. The third-order valence-corrected chi connectivity index (χ3v) is 5.43. The topological polar surface area (TPSA) is 0 Å². The minimum atomic E-state index is 0.582. The van der Waals surface area contributed by atoms with E-state index in [2.05, 4.69) is 42.5 Å². The molecule has 0 aromatic heterocycles. The minimum absolute atomic E-state index is 0.582. The number of rotatable bonds is 1. The second-order valence-corrected chi connectivity index (χ2v) is 5.93. The van der Waals surface area contributed by atoms with Crippen LogP contribution < -0.4 is 0 Å². The maximum Gasteiger partial charge on any atom is 0.0485 e. The molecule has 1 aliphatic heterocycles. The molecule has 0 unspecified atom stereocenters. The number of benzene rings is 2. The Balaban J connectivity index is 2.12. The largest absolute Gasteiger partial charge is 0.122 e. The Labute approximate surface area is 108 Å². The SMILES string of the molecule is ClCc1cccc2c1Sc1ccccc1S2. The summed E-state index contributed by atoms with van der Waals surface area (Å²) in [5.74, 6) is 0.582. The van der Waals surface area contributed by atoms with Crippen molar-refractivity contribution in [2.45, 2.75) is 25.5 Å². The van der Waals surface area contributed by atoms with E-state index in [1.165, 1.54) is 25.1 Å². The molecule has 0 spiro atoms. The van der Waals surface area contributed by atoms with Gasteiger partial charge in [-0.2, -0.15) is 0 Å². The summed E-state index contributed by atoms with van der Waals surface area (Å²) in [6.07, 6.45) is 0. The highest BCUT2D eigenvalue weighted by Gasteiger charge is 2.18. The highest BCUT2D eigenvalue weighted by atomic mass is 35.5. The van der Waals surface area contributed by atoms with E-state index in [4.69, 9.17) is 11.6 Å². The maximum atomic E-state index is 5.97. The number of alkyl halides is 1. The average molecular weight is 265 g/mol. The molecule has 0 amide bonds. The summed E-state index contributed by atoms with van der Waals surface area (Å²) in [6, 6.07) is 14.9. The highest BCUT2D eigenvalue weighted by molar-refractivity contribution is 8.05. The van der Waals surface area contributed by atoms with Crippen LogP contribution in [0.15, 0.2) is 62.0 Å². The standard InChI is InChI=1S/C13H9ClS2/c14-8-9-4-3-7-12-13(9)16-11-6-2-1-5-10(11)15-12/h1-7H,8H2. The van der Waals surface area contributed by atoms with Crippen LogP contribution in [0.5, 0.6) is 0 Å². The molecular formula is C13H9ClS2. The molecule has 2 aromatic carbocycles. The molecule has 0 saturated carbocycles. The maximum absolute atomic E-state index is 5.97. The van der Waals surface area contributed by atoms with Crippen molar-refractivity contribution in [3.05, 3.63) is 48.0 Å². The molecular weight excluding hydrogens is 256 g/mol. The summed E-state index contributed by atoms with van der Waals surface area (Å²) in [4.78, 5) is 5.31. The van der Waals surface area contributed by atoms with Crippen LogP contribution in [0, 0.1) is 0 Å². The molecule has 0 fully saturated rings. The molecule has 3 rings (SSSR count). The van der Waals surface area contributed by atoms with Gasteiger partial charge in [-0.3, -0.25) is 0 Å². The summed E-state index contributed by atoms with van der Waals surface area (Å²) in [5.41, 5.74) is 1.23. The lowest BCUT2D eigenvalue weighted by atomic mass is 10.2. The van der Waals surface area contributed by atoms with Gasteiger partial charge in [0.2, 0.25) is 0 Å². The van der Waals surface area contributed by atoms with Gasteiger partial charge in [-0.05, 0) is 23.8 Å². The van der Waals surface area contributed by atoms with E-state index in [1.807, 2.05) is 23.5 Å². The Morgan fingerprint density at radius 1 is 0.812 bits per heavy atom. The minimum Gasteiger partial charge on any atom is -0.122 e. The van der Waals surface area contributed by atoms with Crippen molar-refractivity contribution in [3.63, 3.8) is 0 Å². The van der Waals surface area contributed by atoms with E-state index in [9.17, 15) is 0 Å². The lowest BCUT2D eigenvalue weighted by molar-refractivity contribution is 1.10. The van der Waals surface area contributed by atoms with Gasteiger partial charge < -0.3 is 0 Å². The van der Waals surface area contributed by atoms with Crippen LogP contribution in [0.4, 0.5) is 0 Å². The number of fused-ring (bicyclic) bond motifs is 2. The number of halogens is 1. The van der Waals surface area contributed by atoms with Gasteiger partial charge in [0.1, 0.15) is 0 Å². The third kappa shape index (κ3) is 1.75. The zero-order valence-electron chi connectivity index (χ0n) is 8.44. The van der Waals surface area contributed by atoms with Crippen molar-refractivity contribution >= 4 is 35.1 Å². The predicted octanol–water partition coefficient (Wildman–Crippen LogP) is 5.04. The molecule has 3 heteroatoms. The van der Waals surface area contributed by atoms with Gasteiger partial charge >= 0.3 is 0 Å². The van der Waals surface area contributed by atoms with Gasteiger partial charge in [-0.25, -0.2) is 0 Å². The average Bonchev–Trinajstić information content (AvgIpc) is 2.35. The van der Waals surface area contributed by atoms with Crippen LogP contribution in [0.25, 0.3) is 0 Å². The van der Waals surface area contributed by atoms with E-state index in [1.54, 1.807) is 0 Å². The van der Waals surface area contributed by atoms with Gasteiger partial charge in [-0.15, -0.1) is 11.6 Å². The lowest BCUT2D eigenvalue weighted by Crippen LogP contribution is -1.92. The Morgan fingerprint density at radius 3 is 2.25 bits per heavy atom. The van der Waals surface area contributed by atoms with Crippen molar-refractivity contribution in [3.8, 4) is 0 Å². The Hall–Kier alpha value is -0.570. The fraction of sp³-hybridized carbons (Fsp3) is 0.0769. The molecule has 0 N–H and O–H groups in total. The molecule has 0 nitrogen and oxygen atoms in total. The smallest absolute Gasteiger partial charge is 0.0485 e. The molecule has 2 aromatic rings. The summed E-state index contributed by atoms with van der Waals surface area (Å²) in [6.45, 7) is 0. The zero-order chi connectivity index (χ0) is 11.0. The first-order valence-corrected chi connectivity index (χ1v) is 7.18. The number of hydrogen-bond acceptors (Lipinski definition) is 2. The summed E-state index contributed by atoms with van der Waals surface area (Å²) in [5, 5.41) is 0. The fourth-order valence-corrected chi connectivity index (χ4v) is 4.41. The first-order chi connectivity index (χ1) is 7.88. The van der Waals surface area contributed by atoms with Gasteiger partial charge in [0.05, 0.1) is 0 Å². The predicted molar refractivity (Wildman–Crippen MR) is 70.7 cm³/mol. The fourth-order valence-electron chi connectivity index (χ4n) is 1.71. The van der Waals surface area contributed by atoms with Crippen molar-refractivity contribution in [2.75, 3.05) is 0 Å². The lowest BCUT2D eigenvalue weighted by Gasteiger charge is -2.19. The van der Waals surface area contributed by atoms with Crippen molar-refractivity contribution in [1.82, 2.24) is 0 Å². The van der Waals surface area contributed by atoms with Crippen molar-refractivity contribution in [1.29, 1.82) is 0 Å². The Kier molecular flexibility index (Phi) is 2.88. The summed E-state index contributed by atoms with van der Waals surface area (Å²) in [7, 11) is 0. The van der Waals surface area contributed by atoms with E-state index in [0.717, 1.165) is 0 Å². The van der Waals surface area contributed by atoms with Crippen LogP contribution in [0.1, 0.15) is 5.56 Å². The van der Waals surface area contributed by atoms with Gasteiger partial charge in [-0.1, -0.05) is 47.8 Å². The molecule has 0 saturated heterocycles. The van der Waals surface area contributed by atoms with Gasteiger partial charge in [0, 0.05) is 25.5 Å². The van der Waals surface area contributed by atoms with E-state index < -0.39 is 0 Å². The van der Waals surface area contributed by atoms with Crippen LogP contribution in [-0.4, -0.2) is 0 Å². The molecule has 0 bridgehead atoms. The molecule has 1 aliphatic rings. The molecule has 1 heterocycles. The molecule has 0 aliphatic carbocycles. The summed E-state index contributed by atoms with van der Waals surface area (Å²) >= 11 is 9.63. The van der Waals surface area contributed by atoms with Crippen LogP contribution in [-0.2, 0) is 5.88 Å². The van der Waals surface area contributed by atoms with Crippen LogP contribution in [0.3, 0.4) is 0 Å². The second-order valence-electron chi connectivity index (χ2n) is 3.53. The third-order valence-electron chi connectivity index (χ3n) is 2.49. The van der Waals surface area contributed by atoms with Gasteiger partial charge in [0.25, 0.3) is 0 Å². The quantitative estimate of drug-likeness (QED) is 0.565. The summed E-state index contributed by atoms with van der Waals surface area (Å²) < 4.78 is 0. The van der Waals surface area contributed by atoms with Crippen molar-refractivity contribution < 1.29 is 0 Å². The van der Waals surface area contributed by atoms with E-state index in [0.29, 0.717) is 5.88 Å². The van der Waals surface area contributed by atoms with E-state index >= 15 is 0 Å². The monoisotopic (exact) mass is 264 g/mol. The highest BCUT2D eigenvalue weighted by Crippen LogP contribution is 2.49. The first kappa shape index (κ1) is 10.6. The Bertz CT molecular complexity index is 537. The first-order valence-electron chi connectivity index (χ1n) is 5.01. The Morgan fingerprint density at radius 2 is 1.50 bits per heavy atom. The normalized spacial score (nSPS) is 13.1. The molecule has 0 radical (unpaired) electrons. The van der Waals surface area contributed by atoms with Crippen LogP contribution in [0.2, 0.25) is 0 Å². The zero-order valence-corrected chi connectivity index (χ0v) is 10.8. The van der Waals surface area contributed by atoms with E-state index in [-0.39, 0.29) is 0 Å².